The van der Waals surface area contributed by atoms with Crippen molar-refractivity contribution in [2.24, 2.45) is 0 Å². The molecule has 4 rings (SSSR count). The molecule has 0 unspecified atom stereocenters. The van der Waals surface area contributed by atoms with Gasteiger partial charge in [-0.1, -0.05) is 18.2 Å². The predicted octanol–water partition coefficient (Wildman–Crippen LogP) is 4.97. The molecule has 0 radical (unpaired) electrons. The topological polar surface area (TPSA) is 97.9 Å². The van der Waals surface area contributed by atoms with Crippen LogP contribution >= 0.6 is 11.6 Å². The Hall–Kier alpha value is -3.91. The number of nitrogens with one attached hydrogen (secondary N) is 2. The Morgan fingerprint density at radius 3 is 2.77 bits per heavy atom. The first-order valence-electron chi connectivity index (χ1n) is 9.26. The van der Waals surface area contributed by atoms with Gasteiger partial charge in [-0.15, -0.1) is 0 Å². The molecule has 0 saturated carbocycles. The lowest BCUT2D eigenvalue weighted by molar-refractivity contribution is -0.111. The van der Waals surface area contributed by atoms with E-state index in [1.165, 1.54) is 24.4 Å². The van der Waals surface area contributed by atoms with Gasteiger partial charge in [0.15, 0.2) is 5.82 Å². The quantitative estimate of drug-likeness (QED) is 0.303. The Morgan fingerprint density at radius 1 is 1.26 bits per heavy atom. The van der Waals surface area contributed by atoms with Crippen molar-refractivity contribution in [2.75, 3.05) is 16.4 Å². The molecule has 31 heavy (non-hydrogen) atoms. The van der Waals surface area contributed by atoms with Gasteiger partial charge >= 0.3 is 0 Å². The van der Waals surface area contributed by atoms with Crippen molar-refractivity contribution in [2.45, 2.75) is 6.92 Å². The van der Waals surface area contributed by atoms with Crippen molar-refractivity contribution >= 4 is 51.4 Å². The molecule has 7 nitrogen and oxygen atoms in total. The van der Waals surface area contributed by atoms with E-state index in [9.17, 15) is 9.18 Å². The van der Waals surface area contributed by atoms with E-state index in [4.69, 9.17) is 17.3 Å². The van der Waals surface area contributed by atoms with Crippen molar-refractivity contribution in [3.05, 3.63) is 77.9 Å². The maximum Gasteiger partial charge on any atom is 0.247 e. The zero-order valence-corrected chi connectivity index (χ0v) is 17.2. The minimum Gasteiger partial charge on any atom is -0.396 e. The Bertz CT molecular complexity index is 1330. The lowest BCUT2D eigenvalue weighted by atomic mass is 10.2. The van der Waals surface area contributed by atoms with E-state index < -0.39 is 5.82 Å². The number of rotatable bonds is 5. The SMILES string of the molecule is C=CC(=O)Nc1ccc2c(c1)c(C)cn2-c1nc(Nc2ccc(N)c(F)c2)ncc1Cl. The van der Waals surface area contributed by atoms with Crippen molar-refractivity contribution in [1.29, 1.82) is 0 Å². The van der Waals surface area contributed by atoms with Crippen molar-refractivity contribution in [1.82, 2.24) is 14.5 Å². The number of hydrogen-bond donors (Lipinski definition) is 3. The fraction of sp³-hybridized carbons (Fsp3) is 0.0455. The van der Waals surface area contributed by atoms with Crippen LogP contribution in [-0.2, 0) is 4.79 Å². The Morgan fingerprint density at radius 2 is 2.03 bits per heavy atom. The van der Waals surface area contributed by atoms with Gasteiger partial charge in [0, 0.05) is 23.0 Å². The Balaban J connectivity index is 1.73. The lowest BCUT2D eigenvalue weighted by Gasteiger charge is -2.11. The summed E-state index contributed by atoms with van der Waals surface area (Å²) in [5, 5.41) is 6.97. The van der Waals surface area contributed by atoms with Gasteiger partial charge in [0.25, 0.3) is 0 Å². The zero-order valence-electron chi connectivity index (χ0n) is 16.5. The minimum atomic E-state index is -0.537. The summed E-state index contributed by atoms with van der Waals surface area (Å²) in [4.78, 5) is 20.3. The molecule has 0 aliphatic carbocycles. The molecule has 0 fully saturated rings. The third kappa shape index (κ3) is 4.06. The van der Waals surface area contributed by atoms with E-state index in [-0.39, 0.29) is 17.5 Å². The third-order valence-electron chi connectivity index (χ3n) is 4.67. The van der Waals surface area contributed by atoms with E-state index in [2.05, 4.69) is 27.2 Å². The summed E-state index contributed by atoms with van der Waals surface area (Å²) in [6.07, 6.45) is 4.58. The summed E-state index contributed by atoms with van der Waals surface area (Å²) < 4.78 is 15.6. The monoisotopic (exact) mass is 436 g/mol. The highest BCUT2D eigenvalue weighted by atomic mass is 35.5. The number of aryl methyl sites for hydroxylation is 1. The zero-order chi connectivity index (χ0) is 22.1. The molecule has 0 saturated heterocycles. The van der Waals surface area contributed by atoms with Crippen LogP contribution in [0, 0.1) is 12.7 Å². The Kier molecular flexibility index (Phi) is 5.31. The van der Waals surface area contributed by atoms with Gasteiger partial charge in [0.2, 0.25) is 11.9 Å². The predicted molar refractivity (Wildman–Crippen MR) is 122 cm³/mol. The molecule has 2 heterocycles. The number of aromatic nitrogens is 3. The number of benzene rings is 2. The van der Waals surface area contributed by atoms with Crippen LogP contribution in [0.3, 0.4) is 0 Å². The van der Waals surface area contributed by atoms with Crippen molar-refractivity contribution in [3.8, 4) is 5.82 Å². The first-order chi connectivity index (χ1) is 14.9. The van der Waals surface area contributed by atoms with Crippen LogP contribution in [0.2, 0.25) is 5.02 Å². The number of nitrogen functional groups attached to an aromatic ring is 1. The number of fused-ring (bicyclic) bond motifs is 1. The highest BCUT2D eigenvalue weighted by Gasteiger charge is 2.14. The second-order valence-corrected chi connectivity index (χ2v) is 7.24. The first-order valence-corrected chi connectivity index (χ1v) is 9.63. The molecule has 2 aromatic carbocycles. The molecule has 0 aliphatic rings. The fourth-order valence-electron chi connectivity index (χ4n) is 3.16. The van der Waals surface area contributed by atoms with E-state index in [1.54, 1.807) is 12.1 Å². The molecular weight excluding hydrogens is 419 g/mol. The number of anilines is 4. The second-order valence-electron chi connectivity index (χ2n) is 6.83. The Labute approximate surface area is 182 Å². The minimum absolute atomic E-state index is 0.0567. The number of halogens is 2. The van der Waals surface area contributed by atoms with Crippen LogP contribution in [0.1, 0.15) is 5.56 Å². The summed E-state index contributed by atoms with van der Waals surface area (Å²) in [6, 6.07) is 9.87. The van der Waals surface area contributed by atoms with Gasteiger partial charge in [0.05, 0.1) is 17.4 Å². The maximum absolute atomic E-state index is 13.7. The highest BCUT2D eigenvalue weighted by Crippen LogP contribution is 2.30. The summed E-state index contributed by atoms with van der Waals surface area (Å²) >= 11 is 6.39. The van der Waals surface area contributed by atoms with Crippen molar-refractivity contribution in [3.63, 3.8) is 0 Å². The van der Waals surface area contributed by atoms with Gasteiger partial charge in [-0.2, -0.15) is 4.98 Å². The van der Waals surface area contributed by atoms with Crippen LogP contribution in [0.5, 0.6) is 0 Å². The summed E-state index contributed by atoms with van der Waals surface area (Å²) in [5.41, 5.74) is 8.50. The lowest BCUT2D eigenvalue weighted by Crippen LogP contribution is -2.07. The average Bonchev–Trinajstić information content (AvgIpc) is 3.08. The number of hydrogen-bond acceptors (Lipinski definition) is 5. The summed E-state index contributed by atoms with van der Waals surface area (Å²) in [7, 11) is 0. The van der Waals surface area contributed by atoms with Crippen LogP contribution in [0.15, 0.2) is 61.4 Å². The number of amides is 1. The maximum atomic E-state index is 13.7. The molecule has 1 amide bonds. The van der Waals surface area contributed by atoms with Crippen LogP contribution in [-0.4, -0.2) is 20.4 Å². The third-order valence-corrected chi connectivity index (χ3v) is 4.93. The number of carbonyl (C=O) groups is 1. The molecule has 0 aliphatic heterocycles. The number of nitrogens with zero attached hydrogens (tertiary/aromatic N) is 3. The second kappa shape index (κ2) is 8.08. The number of carbonyl (C=O) groups excluding carboxylic acids is 1. The summed E-state index contributed by atoms with van der Waals surface area (Å²) in [6.45, 7) is 5.41. The van der Waals surface area contributed by atoms with Gasteiger partial charge in [-0.3, -0.25) is 9.36 Å². The molecule has 9 heteroatoms. The molecule has 2 aromatic heterocycles. The molecule has 156 valence electrons. The van der Waals surface area contributed by atoms with E-state index in [1.807, 2.05) is 29.8 Å². The van der Waals surface area contributed by atoms with Crippen LogP contribution < -0.4 is 16.4 Å². The molecule has 0 atom stereocenters. The fourth-order valence-corrected chi connectivity index (χ4v) is 3.34. The molecule has 4 N–H and O–H groups in total. The van der Waals surface area contributed by atoms with E-state index in [0.717, 1.165) is 16.5 Å². The summed E-state index contributed by atoms with van der Waals surface area (Å²) in [5.74, 6) is -0.121. The van der Waals surface area contributed by atoms with Gasteiger partial charge in [0.1, 0.15) is 10.8 Å². The van der Waals surface area contributed by atoms with Gasteiger partial charge in [-0.25, -0.2) is 9.37 Å². The highest BCUT2D eigenvalue weighted by molar-refractivity contribution is 6.32. The molecule has 0 bridgehead atoms. The first kappa shape index (κ1) is 20.4. The molecular formula is C22H18ClFN6O. The van der Waals surface area contributed by atoms with E-state index >= 15 is 0 Å². The van der Waals surface area contributed by atoms with Crippen molar-refractivity contribution < 1.29 is 9.18 Å². The molecule has 0 spiro atoms. The normalized spacial score (nSPS) is 10.8. The van der Waals surface area contributed by atoms with Crippen LogP contribution in [0.4, 0.5) is 27.4 Å². The molecule has 4 aromatic rings. The number of nitrogens with two attached hydrogens (primary N) is 1. The van der Waals surface area contributed by atoms with E-state index in [0.29, 0.717) is 22.2 Å². The van der Waals surface area contributed by atoms with Crippen LogP contribution in [0.25, 0.3) is 16.7 Å². The van der Waals surface area contributed by atoms with Gasteiger partial charge < -0.3 is 16.4 Å². The van der Waals surface area contributed by atoms with Gasteiger partial charge in [-0.05, 0) is 55.0 Å². The standard InChI is InChI=1S/C22H18ClFN6O/c1-3-20(31)27-13-5-7-19-15(8-13)12(2)11-30(19)21-16(23)10-26-22(29-21)28-14-4-6-18(25)17(24)9-14/h3-11H,1,25H2,2H3,(H,27,31)(H,26,28,29). The average molecular weight is 437 g/mol. The largest absolute Gasteiger partial charge is 0.396 e. The smallest absolute Gasteiger partial charge is 0.247 e.